The van der Waals surface area contributed by atoms with Crippen LogP contribution in [0.2, 0.25) is 0 Å². The average molecular weight is 365 g/mol. The highest BCUT2D eigenvalue weighted by molar-refractivity contribution is 9.10. The van der Waals surface area contributed by atoms with E-state index in [1.54, 1.807) is 18.2 Å². The number of nitrogens with zero attached hydrogens (tertiary/aromatic N) is 1. The van der Waals surface area contributed by atoms with Gasteiger partial charge < -0.3 is 5.32 Å². The minimum absolute atomic E-state index is 0.137. The van der Waals surface area contributed by atoms with Gasteiger partial charge in [0.2, 0.25) is 0 Å². The van der Waals surface area contributed by atoms with E-state index < -0.39 is 4.92 Å². The fraction of sp³-hybridized carbons (Fsp3) is 0.133. The van der Waals surface area contributed by atoms with Crippen molar-refractivity contribution in [1.29, 1.82) is 0 Å². The van der Waals surface area contributed by atoms with Gasteiger partial charge in [-0.3, -0.25) is 10.1 Å². The highest BCUT2D eigenvalue weighted by Crippen LogP contribution is 2.42. The van der Waals surface area contributed by atoms with E-state index >= 15 is 0 Å². The van der Waals surface area contributed by atoms with Crippen LogP contribution in [0.1, 0.15) is 12.5 Å². The van der Waals surface area contributed by atoms with E-state index in [-0.39, 0.29) is 10.0 Å². The molecule has 108 valence electrons. The number of fused-ring (bicyclic) bond motifs is 1. The minimum atomic E-state index is -0.417. The summed E-state index contributed by atoms with van der Waals surface area (Å²) in [5.74, 6) is 0. The predicted octanol–water partition coefficient (Wildman–Crippen LogP) is 4.64. The molecule has 2 aromatic carbocycles. The number of halogens is 1. The summed E-state index contributed by atoms with van der Waals surface area (Å²) in [5.41, 5.74) is 2.47. The van der Waals surface area contributed by atoms with Crippen LogP contribution in [0, 0.1) is 10.1 Å². The van der Waals surface area contributed by atoms with Crippen molar-refractivity contribution in [2.45, 2.75) is 11.2 Å². The molecule has 0 radical (unpaired) electrons. The molecule has 1 aliphatic rings. The number of rotatable bonds is 1. The summed E-state index contributed by atoms with van der Waals surface area (Å²) >= 11 is 8.81. The van der Waals surface area contributed by atoms with E-state index in [2.05, 4.69) is 34.2 Å². The summed E-state index contributed by atoms with van der Waals surface area (Å²) < 4.78 is -0.182. The Kier molecular flexibility index (Phi) is 4.69. The number of benzene rings is 2. The Bertz CT molecular complexity index is 674. The van der Waals surface area contributed by atoms with E-state index in [1.165, 1.54) is 17.7 Å². The molecular weight excluding hydrogens is 352 g/mol. The maximum absolute atomic E-state index is 10.0. The molecule has 6 heteroatoms. The maximum Gasteiger partial charge on any atom is 0.269 e. The average Bonchev–Trinajstić information content (AvgIpc) is 2.71. The Labute approximate surface area is 136 Å². The second-order valence-electron chi connectivity index (χ2n) is 4.60. The summed E-state index contributed by atoms with van der Waals surface area (Å²) in [5, 5.41) is 13.2. The van der Waals surface area contributed by atoms with Gasteiger partial charge in [-0.05, 0) is 18.6 Å². The monoisotopic (exact) mass is 364 g/mol. The van der Waals surface area contributed by atoms with Gasteiger partial charge in [-0.15, -0.1) is 0 Å². The van der Waals surface area contributed by atoms with E-state index in [1.807, 2.05) is 18.2 Å². The fourth-order valence-corrected chi connectivity index (χ4v) is 2.58. The highest BCUT2D eigenvalue weighted by Gasteiger charge is 2.36. The number of nitro benzene ring substituents is 1. The van der Waals surface area contributed by atoms with Gasteiger partial charge in [0.1, 0.15) is 9.31 Å². The number of anilines is 1. The zero-order valence-corrected chi connectivity index (χ0v) is 13.6. The van der Waals surface area contributed by atoms with E-state index in [4.69, 9.17) is 12.2 Å². The summed E-state index contributed by atoms with van der Waals surface area (Å²) in [6.45, 7) is 2.06. The van der Waals surface area contributed by atoms with Crippen LogP contribution in [0.3, 0.4) is 0 Å². The lowest BCUT2D eigenvalue weighted by Crippen LogP contribution is -2.21. The van der Waals surface area contributed by atoms with Crippen molar-refractivity contribution in [2.75, 3.05) is 5.32 Å². The van der Waals surface area contributed by atoms with E-state index in [0.717, 1.165) is 10.7 Å². The summed E-state index contributed by atoms with van der Waals surface area (Å²) in [6, 6.07) is 16.1. The molecule has 1 atom stereocenters. The Hall–Kier alpha value is -1.79. The topological polar surface area (TPSA) is 55.2 Å². The third kappa shape index (κ3) is 3.46. The molecule has 0 fully saturated rings. The van der Waals surface area contributed by atoms with E-state index in [9.17, 15) is 10.1 Å². The van der Waals surface area contributed by atoms with Crippen LogP contribution in [0.15, 0.2) is 54.6 Å². The van der Waals surface area contributed by atoms with Crippen LogP contribution in [0.4, 0.5) is 11.4 Å². The number of hydrogen-bond donors (Lipinski definition) is 1. The lowest BCUT2D eigenvalue weighted by molar-refractivity contribution is -0.384. The summed E-state index contributed by atoms with van der Waals surface area (Å²) in [6.07, 6.45) is 0. The van der Waals surface area contributed by atoms with Crippen molar-refractivity contribution in [1.82, 2.24) is 0 Å². The van der Waals surface area contributed by atoms with Crippen LogP contribution in [0.5, 0.6) is 0 Å². The number of alkyl halides is 1. The van der Waals surface area contributed by atoms with Crippen LogP contribution in [0.25, 0.3) is 0 Å². The number of nitro groups is 1. The quantitative estimate of drug-likeness (QED) is 0.346. The molecule has 3 rings (SSSR count). The molecule has 4 nitrogen and oxygen atoms in total. The Morgan fingerprint density at radius 3 is 2.24 bits per heavy atom. The standard InChI is InChI=1S/C9H8BrNS.C6H5NO2/c1-9(10)6-4-2-3-5-7(6)11-8(9)12;8-7(9)6-4-2-1-3-5-6/h2-5H,1H3,(H,11,12);1-5H. The molecule has 0 aliphatic carbocycles. The van der Waals surface area contributed by atoms with Gasteiger partial charge in [-0.1, -0.05) is 64.5 Å². The van der Waals surface area contributed by atoms with Crippen LogP contribution in [-0.4, -0.2) is 9.91 Å². The van der Waals surface area contributed by atoms with Gasteiger partial charge in [-0.2, -0.15) is 0 Å². The molecule has 1 unspecified atom stereocenters. The van der Waals surface area contributed by atoms with Crippen LogP contribution >= 0.6 is 28.1 Å². The molecule has 1 N–H and O–H groups in total. The molecule has 21 heavy (non-hydrogen) atoms. The molecule has 2 aromatic rings. The van der Waals surface area contributed by atoms with Crippen molar-refractivity contribution in [3.05, 3.63) is 70.3 Å². The molecule has 0 spiro atoms. The normalized spacial score (nSPS) is 19.0. The fourth-order valence-electron chi connectivity index (χ4n) is 1.91. The summed E-state index contributed by atoms with van der Waals surface area (Å²) in [7, 11) is 0. The predicted molar refractivity (Wildman–Crippen MR) is 92.0 cm³/mol. The molecule has 0 saturated carbocycles. The number of thiocarbonyl (C=S) groups is 1. The van der Waals surface area contributed by atoms with Gasteiger partial charge in [-0.25, -0.2) is 0 Å². The Morgan fingerprint density at radius 2 is 1.71 bits per heavy atom. The second-order valence-corrected chi connectivity index (χ2v) is 6.59. The SMILES string of the molecule is CC1(Br)C(=S)Nc2ccccc21.O=[N+]([O-])c1ccccc1. The van der Waals surface area contributed by atoms with Gasteiger partial charge >= 0.3 is 0 Å². The highest BCUT2D eigenvalue weighted by atomic mass is 79.9. The number of para-hydroxylation sites is 2. The van der Waals surface area contributed by atoms with Gasteiger partial charge in [0, 0.05) is 17.8 Å². The van der Waals surface area contributed by atoms with Crippen LogP contribution < -0.4 is 5.32 Å². The first-order valence-electron chi connectivity index (χ1n) is 6.22. The first-order valence-corrected chi connectivity index (χ1v) is 7.42. The largest absolute Gasteiger partial charge is 0.348 e. The lowest BCUT2D eigenvalue weighted by Gasteiger charge is -2.14. The maximum atomic E-state index is 10.0. The number of non-ortho nitro benzene ring substituents is 1. The minimum Gasteiger partial charge on any atom is -0.348 e. The molecule has 0 amide bonds. The number of hydrogen-bond acceptors (Lipinski definition) is 3. The van der Waals surface area contributed by atoms with Crippen molar-refractivity contribution in [2.24, 2.45) is 0 Å². The molecule has 1 heterocycles. The Morgan fingerprint density at radius 1 is 1.14 bits per heavy atom. The lowest BCUT2D eigenvalue weighted by atomic mass is 10.0. The second kappa shape index (κ2) is 6.32. The molecule has 1 aliphatic heterocycles. The summed E-state index contributed by atoms with van der Waals surface area (Å²) in [4.78, 5) is 10.4. The van der Waals surface area contributed by atoms with Crippen molar-refractivity contribution in [3.63, 3.8) is 0 Å². The van der Waals surface area contributed by atoms with Gasteiger partial charge in [0.25, 0.3) is 5.69 Å². The van der Waals surface area contributed by atoms with Crippen molar-refractivity contribution in [3.8, 4) is 0 Å². The molecular formula is C15H13BrN2O2S. The third-order valence-electron chi connectivity index (χ3n) is 3.07. The Balaban J connectivity index is 0.000000161. The first-order chi connectivity index (χ1) is 9.93. The smallest absolute Gasteiger partial charge is 0.269 e. The zero-order valence-electron chi connectivity index (χ0n) is 11.2. The van der Waals surface area contributed by atoms with E-state index in [0.29, 0.717) is 0 Å². The molecule has 0 saturated heterocycles. The van der Waals surface area contributed by atoms with Crippen molar-refractivity contribution < 1.29 is 4.92 Å². The zero-order chi connectivity index (χ0) is 15.5. The number of nitrogens with one attached hydrogen (secondary N) is 1. The van der Waals surface area contributed by atoms with Gasteiger partial charge in [0.05, 0.1) is 4.92 Å². The third-order valence-corrected chi connectivity index (χ3v) is 4.67. The molecule has 0 aromatic heterocycles. The first kappa shape index (κ1) is 15.6. The van der Waals surface area contributed by atoms with Crippen LogP contribution in [-0.2, 0) is 4.32 Å². The van der Waals surface area contributed by atoms with Crippen molar-refractivity contribution >= 4 is 44.5 Å². The van der Waals surface area contributed by atoms with Gasteiger partial charge in [0.15, 0.2) is 0 Å². The molecule has 0 bridgehead atoms.